The molecule has 4 rings (SSSR count). The molecule has 1 aliphatic rings. The number of hydrogen-bond donors (Lipinski definition) is 3. The fraction of sp³-hybridized carbons (Fsp3) is 0.458. The number of nitriles is 1. The maximum Gasteiger partial charge on any atom is 0.224 e. The average molecular weight is 419 g/mol. The predicted molar refractivity (Wildman–Crippen MR) is 123 cm³/mol. The molecule has 0 radical (unpaired) electrons. The maximum atomic E-state index is 10.2. The molecule has 7 nitrogen and oxygen atoms in total. The van der Waals surface area contributed by atoms with Crippen LogP contribution in [0.15, 0.2) is 36.7 Å². The first-order valence-corrected chi connectivity index (χ1v) is 10.9. The molecule has 2 atom stereocenters. The molecule has 0 aliphatic heterocycles. The van der Waals surface area contributed by atoms with Crippen LogP contribution in [0.4, 0.5) is 11.8 Å². The van der Waals surface area contributed by atoms with Crippen LogP contribution in [0.2, 0.25) is 0 Å². The van der Waals surface area contributed by atoms with E-state index in [1.165, 1.54) is 16.5 Å². The molecule has 0 spiro atoms. The van der Waals surface area contributed by atoms with Gasteiger partial charge in [0, 0.05) is 36.7 Å². The predicted octanol–water partition coefficient (Wildman–Crippen LogP) is 3.85. The summed E-state index contributed by atoms with van der Waals surface area (Å²) in [4.78, 5) is 8.89. The van der Waals surface area contributed by atoms with Gasteiger partial charge in [-0.05, 0) is 42.7 Å². The third-order valence-electron chi connectivity index (χ3n) is 6.37. The summed E-state index contributed by atoms with van der Waals surface area (Å²) in [7, 11) is 2.06. The Morgan fingerprint density at radius 1 is 1.29 bits per heavy atom. The Bertz CT molecular complexity index is 1110. The lowest BCUT2D eigenvalue weighted by Crippen LogP contribution is -2.41. The third-order valence-corrected chi connectivity index (χ3v) is 6.37. The van der Waals surface area contributed by atoms with Crippen molar-refractivity contribution in [1.82, 2.24) is 14.5 Å². The van der Waals surface area contributed by atoms with E-state index in [4.69, 9.17) is 0 Å². The van der Waals surface area contributed by atoms with Gasteiger partial charge in [-0.25, -0.2) is 4.98 Å². The highest BCUT2D eigenvalue weighted by Crippen LogP contribution is 2.37. The van der Waals surface area contributed by atoms with Gasteiger partial charge in [-0.3, -0.25) is 0 Å². The Labute approximate surface area is 183 Å². The van der Waals surface area contributed by atoms with Crippen LogP contribution in [0.1, 0.15) is 44.2 Å². The molecule has 2 heterocycles. The molecule has 2 aromatic heterocycles. The lowest BCUT2D eigenvalue weighted by molar-refractivity contribution is 0.00926. The van der Waals surface area contributed by atoms with E-state index in [1.54, 1.807) is 6.20 Å². The van der Waals surface area contributed by atoms with E-state index in [2.05, 4.69) is 82.6 Å². The fourth-order valence-corrected chi connectivity index (χ4v) is 4.53. The number of aromatic nitrogens is 3. The van der Waals surface area contributed by atoms with E-state index in [-0.39, 0.29) is 17.6 Å². The van der Waals surface area contributed by atoms with Crippen LogP contribution < -0.4 is 10.6 Å². The number of aryl methyl sites for hydroxylation is 1. The first kappa shape index (κ1) is 21.1. The second-order valence-electron chi connectivity index (χ2n) is 9.15. The zero-order valence-corrected chi connectivity index (χ0v) is 18.4. The number of rotatable bonds is 6. The van der Waals surface area contributed by atoms with E-state index in [0.29, 0.717) is 23.9 Å². The summed E-state index contributed by atoms with van der Waals surface area (Å²) >= 11 is 0. The molecule has 3 aromatic rings. The summed E-state index contributed by atoms with van der Waals surface area (Å²) in [5, 5.41) is 27.7. The van der Waals surface area contributed by atoms with E-state index in [9.17, 15) is 10.4 Å². The zero-order chi connectivity index (χ0) is 22.0. The van der Waals surface area contributed by atoms with Crippen molar-refractivity contribution in [1.29, 1.82) is 5.26 Å². The summed E-state index contributed by atoms with van der Waals surface area (Å²) in [5.74, 6) is 1.07. The second kappa shape index (κ2) is 8.56. The molecule has 7 heteroatoms. The van der Waals surface area contributed by atoms with Gasteiger partial charge < -0.3 is 20.3 Å². The van der Waals surface area contributed by atoms with Crippen LogP contribution in [0, 0.1) is 16.7 Å². The van der Waals surface area contributed by atoms with Gasteiger partial charge in [0.2, 0.25) is 5.95 Å². The van der Waals surface area contributed by atoms with Gasteiger partial charge in [0.25, 0.3) is 0 Å². The number of nitrogens with one attached hydrogen (secondary N) is 2. The van der Waals surface area contributed by atoms with Gasteiger partial charge >= 0.3 is 0 Å². The van der Waals surface area contributed by atoms with Crippen LogP contribution >= 0.6 is 0 Å². The summed E-state index contributed by atoms with van der Waals surface area (Å²) in [5.41, 5.74) is 2.78. The number of aliphatic hydroxyl groups is 1. The quantitative estimate of drug-likeness (QED) is 0.562. The topological polar surface area (TPSA) is 98.8 Å². The Hall–Kier alpha value is -3.11. The SMILES string of the molecule is Cn1cc(CCNc2ncc(C#N)c(NC3CCC(O)C(C)(C)C3)n2)c2ccccc21. The minimum Gasteiger partial charge on any atom is -0.393 e. The van der Waals surface area contributed by atoms with Crippen molar-refractivity contribution < 1.29 is 5.11 Å². The Morgan fingerprint density at radius 3 is 2.87 bits per heavy atom. The van der Waals surface area contributed by atoms with E-state index >= 15 is 0 Å². The number of aliphatic hydroxyl groups excluding tert-OH is 1. The van der Waals surface area contributed by atoms with Crippen molar-refractivity contribution in [3.8, 4) is 6.07 Å². The molecule has 1 saturated carbocycles. The Balaban J connectivity index is 1.43. The van der Waals surface area contributed by atoms with Gasteiger partial charge in [0.15, 0.2) is 0 Å². The first-order chi connectivity index (χ1) is 14.9. The molecule has 1 fully saturated rings. The first-order valence-electron chi connectivity index (χ1n) is 10.9. The summed E-state index contributed by atoms with van der Waals surface area (Å²) in [6.45, 7) is 4.86. The van der Waals surface area contributed by atoms with Crippen LogP contribution in [0.5, 0.6) is 0 Å². The van der Waals surface area contributed by atoms with Gasteiger partial charge in [0.1, 0.15) is 17.5 Å². The van der Waals surface area contributed by atoms with Gasteiger partial charge in [-0.15, -0.1) is 0 Å². The smallest absolute Gasteiger partial charge is 0.224 e. The number of anilines is 2. The molecule has 31 heavy (non-hydrogen) atoms. The number of para-hydroxylation sites is 1. The minimum absolute atomic E-state index is 0.157. The fourth-order valence-electron chi connectivity index (χ4n) is 4.53. The largest absolute Gasteiger partial charge is 0.393 e. The summed E-state index contributed by atoms with van der Waals surface area (Å²) in [6.07, 6.45) is 6.71. The summed E-state index contributed by atoms with van der Waals surface area (Å²) in [6, 6.07) is 10.7. The monoisotopic (exact) mass is 418 g/mol. The van der Waals surface area contributed by atoms with E-state index < -0.39 is 0 Å². The van der Waals surface area contributed by atoms with Gasteiger partial charge in [-0.1, -0.05) is 32.0 Å². The molecular formula is C24H30N6O. The van der Waals surface area contributed by atoms with Crippen LogP contribution in [-0.2, 0) is 13.5 Å². The van der Waals surface area contributed by atoms with Crippen molar-refractivity contribution in [3.63, 3.8) is 0 Å². The maximum absolute atomic E-state index is 10.2. The van der Waals surface area contributed by atoms with Crippen molar-refractivity contribution in [3.05, 3.63) is 47.8 Å². The number of nitrogens with zero attached hydrogens (tertiary/aromatic N) is 4. The van der Waals surface area contributed by atoms with Gasteiger partial charge in [-0.2, -0.15) is 10.2 Å². The number of fused-ring (bicyclic) bond motifs is 1. The molecule has 3 N–H and O–H groups in total. The highest BCUT2D eigenvalue weighted by atomic mass is 16.3. The van der Waals surface area contributed by atoms with E-state index in [1.807, 2.05) is 0 Å². The standard InChI is InChI=1S/C24H30N6O/c1-24(2)12-18(8-9-21(24)31)28-22-17(13-25)14-27-23(29-22)26-11-10-16-15-30(3)20-7-5-4-6-19(16)20/h4-7,14-15,18,21,31H,8-12H2,1-3H3,(H2,26,27,28,29). The van der Waals surface area contributed by atoms with Crippen LogP contribution in [0.25, 0.3) is 10.9 Å². The Kier molecular flexibility index (Phi) is 5.84. The van der Waals surface area contributed by atoms with Crippen molar-refractivity contribution >= 4 is 22.7 Å². The highest BCUT2D eigenvalue weighted by Gasteiger charge is 2.35. The van der Waals surface area contributed by atoms with Crippen LogP contribution in [0.3, 0.4) is 0 Å². The molecule has 2 unspecified atom stereocenters. The number of hydrogen-bond acceptors (Lipinski definition) is 6. The summed E-state index contributed by atoms with van der Waals surface area (Å²) < 4.78 is 2.15. The van der Waals surface area contributed by atoms with Crippen molar-refractivity contribution in [2.45, 2.75) is 51.7 Å². The molecular weight excluding hydrogens is 388 g/mol. The molecule has 0 saturated heterocycles. The molecule has 1 aliphatic carbocycles. The lowest BCUT2D eigenvalue weighted by atomic mass is 9.73. The second-order valence-corrected chi connectivity index (χ2v) is 9.15. The highest BCUT2D eigenvalue weighted by molar-refractivity contribution is 5.83. The molecule has 0 bridgehead atoms. The minimum atomic E-state index is -0.294. The third kappa shape index (κ3) is 4.49. The van der Waals surface area contributed by atoms with E-state index in [0.717, 1.165) is 25.7 Å². The normalized spacial score (nSPS) is 20.4. The molecule has 0 amide bonds. The van der Waals surface area contributed by atoms with Gasteiger partial charge in [0.05, 0.1) is 12.3 Å². The number of benzene rings is 1. The van der Waals surface area contributed by atoms with Crippen molar-refractivity contribution in [2.75, 3.05) is 17.2 Å². The molecule has 162 valence electrons. The molecule has 1 aromatic carbocycles. The van der Waals surface area contributed by atoms with Crippen molar-refractivity contribution in [2.24, 2.45) is 12.5 Å². The van der Waals surface area contributed by atoms with Crippen LogP contribution in [-0.4, -0.2) is 38.3 Å². The zero-order valence-electron chi connectivity index (χ0n) is 18.4. The Morgan fingerprint density at radius 2 is 2.10 bits per heavy atom. The lowest BCUT2D eigenvalue weighted by Gasteiger charge is -2.40. The average Bonchev–Trinajstić information content (AvgIpc) is 3.07.